The molecule has 70 heavy (non-hydrogen) atoms. The molecular formula is C53H61N11O6. The van der Waals surface area contributed by atoms with Gasteiger partial charge in [-0.15, -0.1) is 0 Å². The predicted molar refractivity (Wildman–Crippen MR) is 265 cm³/mol. The van der Waals surface area contributed by atoms with Crippen LogP contribution in [0.4, 0.5) is 28.7 Å². The van der Waals surface area contributed by atoms with E-state index in [-0.39, 0.29) is 53.2 Å². The summed E-state index contributed by atoms with van der Waals surface area (Å²) in [6.07, 6.45) is 9.28. The molecule has 6 aliphatic rings. The molecule has 0 spiro atoms. The summed E-state index contributed by atoms with van der Waals surface area (Å²) in [6.45, 7) is 13.4. The molecule has 9 heterocycles. The minimum Gasteiger partial charge on any atom is -0.480 e. The average Bonchev–Trinajstić information content (AvgIpc) is 3.98. The fourth-order valence-electron chi connectivity index (χ4n) is 12.1. The summed E-state index contributed by atoms with van der Waals surface area (Å²) in [5.74, 6) is -0.383. The summed E-state index contributed by atoms with van der Waals surface area (Å²) < 4.78 is 31.1. The molecule has 3 saturated heterocycles. The van der Waals surface area contributed by atoms with E-state index < -0.39 is 25.6 Å². The van der Waals surface area contributed by atoms with Gasteiger partial charge in [-0.25, -0.2) is 15.0 Å². The number of ether oxygens (including phenoxy) is 1. The molecule has 2 unspecified atom stereocenters. The van der Waals surface area contributed by atoms with Crippen molar-refractivity contribution in [3.8, 4) is 17.0 Å². The highest BCUT2D eigenvalue weighted by atomic mass is 16.5. The molecule has 17 nitrogen and oxygen atoms in total. The van der Waals surface area contributed by atoms with Gasteiger partial charge in [-0.2, -0.15) is 0 Å². The standard InChI is InChI=1S/C53H61N11O6/c1-31-20-36(13-15-60(31)37-6-8-40-35(21-37)29-64(51(40)68)43-9-11-47(66)58-49(43)67)59-16-17-61(32(2)28-59)38-7-10-46(55-27-38)57-42-22-34(26-56-50(42)70-5)39-12-14-54-48(41(39)30-65)63-19-18-62-44(52(63)69)23-33-24-53(3,4)25-45(33)62/h6-8,10,12,14,21-23,26-27,31-32,36,43,65H,9,11,13,15-20,24-25,28-30H2,1-5H3,(H,55,57)(H,58,66,67)/t31-,32+,36?,43?/m1/s1/i5D3. The zero-order chi connectivity index (χ0) is 51.1. The van der Waals surface area contributed by atoms with Gasteiger partial charge >= 0.3 is 0 Å². The van der Waals surface area contributed by atoms with Crippen LogP contribution >= 0.6 is 0 Å². The highest BCUT2D eigenvalue weighted by Crippen LogP contribution is 2.41. The number of imide groups is 1. The van der Waals surface area contributed by atoms with Crippen molar-refractivity contribution in [1.29, 1.82) is 0 Å². The van der Waals surface area contributed by atoms with E-state index in [1.807, 2.05) is 36.5 Å². The summed E-state index contributed by atoms with van der Waals surface area (Å²) in [5, 5.41) is 16.5. The van der Waals surface area contributed by atoms with E-state index in [0.29, 0.717) is 71.7 Å². The number of methoxy groups -OCH3 is 1. The van der Waals surface area contributed by atoms with E-state index in [9.17, 15) is 24.3 Å². The molecule has 4 amide bonds. The molecule has 4 aromatic heterocycles. The van der Waals surface area contributed by atoms with Gasteiger partial charge in [0.25, 0.3) is 11.8 Å². The Hall–Kier alpha value is -6.85. The van der Waals surface area contributed by atoms with Crippen molar-refractivity contribution in [2.75, 3.05) is 59.8 Å². The van der Waals surface area contributed by atoms with Crippen molar-refractivity contribution in [3.63, 3.8) is 0 Å². The molecule has 11 rings (SSSR count). The molecule has 364 valence electrons. The zero-order valence-corrected chi connectivity index (χ0v) is 40.1. The highest BCUT2D eigenvalue weighted by molar-refractivity contribution is 6.07. The number of carbonyl (C=O) groups is 4. The van der Waals surface area contributed by atoms with Gasteiger partial charge in [0.1, 0.15) is 29.1 Å². The molecule has 0 bridgehead atoms. The fraction of sp³-hybridized carbons (Fsp3) is 0.453. The third-order valence-corrected chi connectivity index (χ3v) is 15.5. The Labute approximate surface area is 412 Å². The number of aliphatic hydroxyl groups excluding tert-OH is 1. The lowest BCUT2D eigenvalue weighted by molar-refractivity contribution is -0.136. The molecule has 4 atom stereocenters. The highest BCUT2D eigenvalue weighted by Gasteiger charge is 2.41. The molecule has 1 aliphatic carbocycles. The van der Waals surface area contributed by atoms with Crippen molar-refractivity contribution in [1.82, 2.24) is 34.6 Å². The van der Waals surface area contributed by atoms with Crippen LogP contribution in [0.5, 0.6) is 5.88 Å². The van der Waals surface area contributed by atoms with Crippen LogP contribution in [0.25, 0.3) is 11.1 Å². The molecule has 5 aliphatic heterocycles. The van der Waals surface area contributed by atoms with E-state index >= 15 is 0 Å². The molecule has 1 aromatic carbocycles. The normalized spacial score (nSPS) is 24.2. The number of aromatic nitrogens is 4. The average molecular weight is 951 g/mol. The number of pyridine rings is 3. The first-order valence-corrected chi connectivity index (χ1v) is 24.5. The summed E-state index contributed by atoms with van der Waals surface area (Å²) in [7, 11) is -2.78. The number of rotatable bonds is 10. The Balaban J connectivity index is 0.742. The van der Waals surface area contributed by atoms with E-state index in [0.717, 1.165) is 68.8 Å². The number of piperazine rings is 1. The van der Waals surface area contributed by atoms with Gasteiger partial charge in [-0.05, 0) is 117 Å². The maximum Gasteiger partial charge on any atom is 0.276 e. The molecule has 17 heteroatoms. The van der Waals surface area contributed by atoms with Gasteiger partial charge in [-0.1, -0.05) is 13.8 Å². The predicted octanol–water partition coefficient (Wildman–Crippen LogP) is 5.70. The Morgan fingerprint density at radius 3 is 2.46 bits per heavy atom. The molecule has 5 aromatic rings. The van der Waals surface area contributed by atoms with Crippen molar-refractivity contribution < 1.29 is 33.1 Å². The van der Waals surface area contributed by atoms with Crippen molar-refractivity contribution in [3.05, 3.63) is 101 Å². The first-order chi connectivity index (χ1) is 34.9. The van der Waals surface area contributed by atoms with Crippen LogP contribution in [0.2, 0.25) is 0 Å². The second-order valence-corrected chi connectivity index (χ2v) is 20.7. The minimum absolute atomic E-state index is 0.148. The van der Waals surface area contributed by atoms with Gasteiger partial charge in [0, 0.05) is 111 Å². The second-order valence-electron chi connectivity index (χ2n) is 20.7. The number of hydrogen-bond acceptors (Lipinski definition) is 13. The Morgan fingerprint density at radius 1 is 0.843 bits per heavy atom. The number of nitrogens with one attached hydrogen (secondary N) is 2. The summed E-state index contributed by atoms with van der Waals surface area (Å²) in [4.78, 5) is 76.1. The molecule has 3 fully saturated rings. The fourth-order valence-corrected chi connectivity index (χ4v) is 12.1. The quantitative estimate of drug-likeness (QED) is 0.145. The Kier molecular flexibility index (Phi) is 10.7. The van der Waals surface area contributed by atoms with Gasteiger partial charge in [0.2, 0.25) is 17.7 Å². The van der Waals surface area contributed by atoms with E-state index in [4.69, 9.17) is 13.8 Å². The number of nitrogens with zero attached hydrogens (tertiary/aromatic N) is 9. The van der Waals surface area contributed by atoms with Gasteiger partial charge < -0.3 is 34.4 Å². The van der Waals surface area contributed by atoms with Crippen LogP contribution in [-0.4, -0.2) is 122 Å². The van der Waals surface area contributed by atoms with Crippen molar-refractivity contribution in [2.24, 2.45) is 5.41 Å². The number of benzene rings is 1. The zero-order valence-electron chi connectivity index (χ0n) is 43.1. The molecule has 0 radical (unpaired) electrons. The van der Waals surface area contributed by atoms with E-state index in [1.54, 1.807) is 28.1 Å². The van der Waals surface area contributed by atoms with E-state index in [1.165, 1.54) is 17.5 Å². The monoisotopic (exact) mass is 950 g/mol. The summed E-state index contributed by atoms with van der Waals surface area (Å²) in [5.41, 5.74) is 8.60. The number of piperidine rings is 2. The van der Waals surface area contributed by atoms with Crippen LogP contribution in [0.3, 0.4) is 0 Å². The van der Waals surface area contributed by atoms with Crippen molar-refractivity contribution >= 4 is 52.3 Å². The number of anilines is 5. The first-order valence-electron chi connectivity index (χ1n) is 26.0. The minimum atomic E-state index is -2.78. The number of fused-ring (bicyclic) bond motifs is 4. The van der Waals surface area contributed by atoms with Crippen LogP contribution in [0, 0.1) is 5.41 Å². The third kappa shape index (κ3) is 8.11. The molecular weight excluding hydrogens is 887 g/mol. The van der Waals surface area contributed by atoms with Gasteiger partial charge in [-0.3, -0.25) is 34.3 Å². The van der Waals surface area contributed by atoms with Crippen LogP contribution in [0.1, 0.15) is 101 Å². The lowest BCUT2D eigenvalue weighted by Crippen LogP contribution is -2.58. The number of hydrogen-bond donors (Lipinski definition) is 3. The third-order valence-electron chi connectivity index (χ3n) is 15.5. The smallest absolute Gasteiger partial charge is 0.276 e. The lowest BCUT2D eigenvalue weighted by Gasteiger charge is -2.48. The topological polar surface area (TPSA) is 182 Å². The molecule has 0 saturated carbocycles. The number of aliphatic hydroxyl groups is 1. The van der Waals surface area contributed by atoms with Crippen LogP contribution in [0.15, 0.2) is 67.1 Å². The largest absolute Gasteiger partial charge is 0.480 e. The Bertz CT molecular complexity index is 3030. The number of amides is 4. The van der Waals surface area contributed by atoms with Crippen molar-refractivity contribution in [2.45, 2.75) is 110 Å². The van der Waals surface area contributed by atoms with Crippen LogP contribution < -0.4 is 30.1 Å². The van der Waals surface area contributed by atoms with Gasteiger partial charge in [0.05, 0.1) is 29.6 Å². The maximum absolute atomic E-state index is 14.1. The second kappa shape index (κ2) is 17.8. The summed E-state index contributed by atoms with van der Waals surface area (Å²) >= 11 is 0. The van der Waals surface area contributed by atoms with Crippen LogP contribution in [-0.2, 0) is 42.1 Å². The van der Waals surface area contributed by atoms with E-state index in [2.05, 4.69) is 73.6 Å². The Morgan fingerprint density at radius 2 is 1.69 bits per heavy atom. The SMILES string of the molecule is [2H]C([2H])([2H])Oc1ncc(-c2ccnc(N3CCn4c(cc5c4CC(C)(C)C5)C3=O)c2CO)cc1Nc1ccc(N2CCN(C3CCN(c4ccc5c(c4)CN(C4CCC(=O)NC4=O)C5=O)[C@H](C)C3)C[C@@H]2C)cn1. The summed E-state index contributed by atoms with van der Waals surface area (Å²) in [6, 6.07) is 15.5. The van der Waals surface area contributed by atoms with Gasteiger partial charge in [0.15, 0.2) is 0 Å². The maximum atomic E-state index is 14.1. The first kappa shape index (κ1) is 42.1. The molecule has 3 N–H and O–H groups in total. The number of carbonyl (C=O) groups excluding carboxylic acids is 4. The lowest BCUT2D eigenvalue weighted by atomic mass is 9.90.